The number of benzene rings is 2. The van der Waals surface area contributed by atoms with E-state index in [0.717, 1.165) is 10.9 Å². The number of nitrogens with one attached hydrogen (secondary N) is 1. The van der Waals surface area contributed by atoms with Gasteiger partial charge < -0.3 is 5.32 Å². The van der Waals surface area contributed by atoms with E-state index in [4.69, 9.17) is 23.2 Å². The van der Waals surface area contributed by atoms with Crippen molar-refractivity contribution in [3.8, 4) is 0 Å². The number of anilines is 1. The summed E-state index contributed by atoms with van der Waals surface area (Å²) in [5.74, 6) is -0.0834. The van der Waals surface area contributed by atoms with Crippen LogP contribution in [0.1, 0.15) is 6.42 Å². The van der Waals surface area contributed by atoms with Gasteiger partial charge in [-0.25, -0.2) is 0 Å². The smallest absolute Gasteiger partial charge is 0.226 e. The Bertz CT molecular complexity index is 829. The maximum Gasteiger partial charge on any atom is 0.226 e. The Hall–Kier alpha value is -2.04. The first-order chi connectivity index (χ1) is 10.6. The number of carbonyl (C=O) groups is 1. The van der Waals surface area contributed by atoms with Gasteiger partial charge in [0.15, 0.2) is 0 Å². The molecule has 1 amide bonds. The largest absolute Gasteiger partial charge is 0.326 e. The summed E-state index contributed by atoms with van der Waals surface area (Å²) in [6.07, 6.45) is 2.07. The number of rotatable bonds is 4. The Morgan fingerprint density at radius 1 is 1.14 bits per heavy atom. The lowest BCUT2D eigenvalue weighted by atomic mass is 10.2. The molecule has 0 saturated heterocycles. The van der Waals surface area contributed by atoms with Crippen molar-refractivity contribution in [2.75, 3.05) is 5.32 Å². The lowest BCUT2D eigenvalue weighted by Gasteiger charge is -2.06. The summed E-state index contributed by atoms with van der Waals surface area (Å²) in [6, 6.07) is 12.6. The normalized spacial score (nSPS) is 10.8. The number of nitrogens with zero attached hydrogens (tertiary/aromatic N) is 2. The summed E-state index contributed by atoms with van der Waals surface area (Å²) >= 11 is 11.8. The first-order valence-corrected chi connectivity index (χ1v) is 7.54. The molecule has 2 aromatic carbocycles. The molecule has 0 unspecified atom stereocenters. The number of aromatic nitrogens is 2. The zero-order chi connectivity index (χ0) is 15.5. The van der Waals surface area contributed by atoms with Crippen LogP contribution >= 0.6 is 23.2 Å². The molecule has 1 heterocycles. The molecule has 0 fully saturated rings. The second kappa shape index (κ2) is 6.38. The molecular formula is C16H13Cl2N3O. The molecule has 6 heteroatoms. The third-order valence-electron chi connectivity index (χ3n) is 3.26. The molecule has 0 aliphatic heterocycles. The minimum Gasteiger partial charge on any atom is -0.326 e. The molecule has 1 aromatic heterocycles. The Morgan fingerprint density at radius 3 is 2.77 bits per heavy atom. The molecule has 3 aromatic rings. The van der Waals surface area contributed by atoms with Gasteiger partial charge in [-0.15, -0.1) is 0 Å². The van der Waals surface area contributed by atoms with Crippen LogP contribution in [-0.2, 0) is 11.3 Å². The minimum atomic E-state index is -0.0834. The van der Waals surface area contributed by atoms with Crippen LogP contribution in [0.2, 0.25) is 10.0 Å². The van der Waals surface area contributed by atoms with Gasteiger partial charge in [0.25, 0.3) is 0 Å². The van der Waals surface area contributed by atoms with E-state index in [-0.39, 0.29) is 5.91 Å². The van der Waals surface area contributed by atoms with Crippen molar-refractivity contribution >= 4 is 45.7 Å². The molecule has 1 N–H and O–H groups in total. The zero-order valence-electron chi connectivity index (χ0n) is 11.6. The van der Waals surface area contributed by atoms with Crippen LogP contribution in [0, 0.1) is 0 Å². The highest BCUT2D eigenvalue weighted by Crippen LogP contribution is 2.19. The van der Waals surface area contributed by atoms with Crippen molar-refractivity contribution < 1.29 is 4.79 Å². The van der Waals surface area contributed by atoms with Gasteiger partial charge in [-0.2, -0.15) is 5.10 Å². The molecule has 0 spiro atoms. The highest BCUT2D eigenvalue weighted by Gasteiger charge is 2.07. The molecular weight excluding hydrogens is 321 g/mol. The van der Waals surface area contributed by atoms with E-state index in [1.165, 1.54) is 0 Å². The average Bonchev–Trinajstić information content (AvgIpc) is 2.87. The summed E-state index contributed by atoms with van der Waals surface area (Å²) in [7, 11) is 0. The minimum absolute atomic E-state index is 0.0834. The van der Waals surface area contributed by atoms with E-state index in [1.54, 1.807) is 35.1 Å². The van der Waals surface area contributed by atoms with Crippen LogP contribution in [0.15, 0.2) is 48.7 Å². The highest BCUT2D eigenvalue weighted by molar-refractivity contribution is 6.31. The lowest BCUT2D eigenvalue weighted by Crippen LogP contribution is -2.14. The summed E-state index contributed by atoms with van der Waals surface area (Å²) < 4.78 is 1.79. The molecule has 0 aliphatic rings. The first kappa shape index (κ1) is 14.9. The van der Waals surface area contributed by atoms with Crippen molar-refractivity contribution in [1.82, 2.24) is 9.78 Å². The zero-order valence-corrected chi connectivity index (χ0v) is 13.1. The van der Waals surface area contributed by atoms with Crippen LogP contribution in [0.5, 0.6) is 0 Å². The summed E-state index contributed by atoms with van der Waals surface area (Å²) in [4.78, 5) is 12.0. The Morgan fingerprint density at radius 2 is 1.95 bits per heavy atom. The Labute approximate surface area is 137 Å². The predicted octanol–water partition coefficient (Wildman–Crippen LogP) is 4.37. The molecule has 112 valence electrons. The van der Waals surface area contributed by atoms with E-state index in [1.807, 2.05) is 18.2 Å². The average molecular weight is 334 g/mol. The van der Waals surface area contributed by atoms with Crippen molar-refractivity contribution in [1.29, 1.82) is 0 Å². The molecule has 0 bridgehead atoms. The van der Waals surface area contributed by atoms with Crippen LogP contribution < -0.4 is 5.32 Å². The van der Waals surface area contributed by atoms with Gasteiger partial charge in [-0.3, -0.25) is 9.48 Å². The maximum atomic E-state index is 12.0. The Balaban J connectivity index is 1.65. The monoisotopic (exact) mass is 333 g/mol. The van der Waals surface area contributed by atoms with E-state index >= 15 is 0 Å². The number of aryl methyl sites for hydroxylation is 1. The van der Waals surface area contributed by atoms with Gasteiger partial charge in [0, 0.05) is 27.5 Å². The summed E-state index contributed by atoms with van der Waals surface area (Å²) in [5, 5.41) is 9.33. The lowest BCUT2D eigenvalue weighted by molar-refractivity contribution is -0.116. The van der Waals surface area contributed by atoms with Crippen molar-refractivity contribution in [2.45, 2.75) is 13.0 Å². The topological polar surface area (TPSA) is 46.9 Å². The highest BCUT2D eigenvalue weighted by atomic mass is 35.5. The van der Waals surface area contributed by atoms with E-state index < -0.39 is 0 Å². The first-order valence-electron chi connectivity index (χ1n) is 6.78. The molecule has 22 heavy (non-hydrogen) atoms. The third kappa shape index (κ3) is 3.40. The fourth-order valence-electron chi connectivity index (χ4n) is 2.23. The number of carbonyl (C=O) groups excluding carboxylic acids is 1. The van der Waals surface area contributed by atoms with Gasteiger partial charge in [0.2, 0.25) is 5.91 Å². The second-order valence-corrected chi connectivity index (χ2v) is 5.75. The van der Waals surface area contributed by atoms with Crippen LogP contribution in [0.3, 0.4) is 0 Å². The standard InChI is InChI=1S/C16H13Cl2N3O/c17-12-2-1-3-14(9-12)20-16(22)6-7-21-15-5-4-13(18)8-11(15)10-19-21/h1-5,8-10H,6-7H2,(H,20,22). The molecule has 0 radical (unpaired) electrons. The van der Waals surface area contributed by atoms with E-state index in [9.17, 15) is 4.79 Å². The maximum absolute atomic E-state index is 12.0. The van der Waals surface area contributed by atoms with Gasteiger partial charge in [-0.05, 0) is 36.4 Å². The van der Waals surface area contributed by atoms with Gasteiger partial charge in [0.1, 0.15) is 0 Å². The summed E-state index contributed by atoms with van der Waals surface area (Å²) in [6.45, 7) is 0.498. The van der Waals surface area contributed by atoms with Crippen molar-refractivity contribution in [3.63, 3.8) is 0 Å². The van der Waals surface area contributed by atoms with E-state index in [2.05, 4.69) is 10.4 Å². The molecule has 0 atom stereocenters. The molecule has 0 saturated carbocycles. The van der Waals surface area contributed by atoms with Crippen molar-refractivity contribution in [2.24, 2.45) is 0 Å². The fraction of sp³-hybridized carbons (Fsp3) is 0.125. The van der Waals surface area contributed by atoms with Gasteiger partial charge in [0.05, 0.1) is 18.3 Å². The van der Waals surface area contributed by atoms with Crippen molar-refractivity contribution in [3.05, 3.63) is 58.7 Å². The van der Waals surface area contributed by atoms with Gasteiger partial charge in [-0.1, -0.05) is 29.3 Å². The number of fused-ring (bicyclic) bond motifs is 1. The van der Waals surface area contributed by atoms with Gasteiger partial charge >= 0.3 is 0 Å². The number of hydrogen-bond donors (Lipinski definition) is 1. The quantitative estimate of drug-likeness (QED) is 0.770. The SMILES string of the molecule is O=C(CCn1ncc2cc(Cl)ccc21)Nc1cccc(Cl)c1. The second-order valence-electron chi connectivity index (χ2n) is 4.88. The predicted molar refractivity (Wildman–Crippen MR) is 89.4 cm³/mol. The number of halogens is 2. The fourth-order valence-corrected chi connectivity index (χ4v) is 2.60. The number of amides is 1. The van der Waals surface area contributed by atoms with E-state index in [0.29, 0.717) is 28.7 Å². The van der Waals surface area contributed by atoms with Crippen LogP contribution in [0.25, 0.3) is 10.9 Å². The molecule has 4 nitrogen and oxygen atoms in total. The summed E-state index contributed by atoms with van der Waals surface area (Å²) in [5.41, 5.74) is 1.65. The Kier molecular flexibility index (Phi) is 4.32. The third-order valence-corrected chi connectivity index (χ3v) is 3.73. The number of hydrogen-bond acceptors (Lipinski definition) is 2. The molecule has 0 aliphatic carbocycles. The van der Waals surface area contributed by atoms with Crippen LogP contribution in [-0.4, -0.2) is 15.7 Å². The van der Waals surface area contributed by atoms with Crippen LogP contribution in [0.4, 0.5) is 5.69 Å². The molecule has 3 rings (SSSR count).